The maximum atomic E-state index is 12.5. The highest BCUT2D eigenvalue weighted by Crippen LogP contribution is 2.29. The molecule has 0 fully saturated rings. The van der Waals surface area contributed by atoms with Gasteiger partial charge in [-0.2, -0.15) is 4.31 Å². The van der Waals surface area contributed by atoms with Gasteiger partial charge in [-0.1, -0.05) is 29.3 Å². The molecule has 0 bridgehead atoms. The predicted octanol–water partition coefficient (Wildman–Crippen LogP) is 3.97. The Labute approximate surface area is 161 Å². The van der Waals surface area contributed by atoms with Gasteiger partial charge in [-0.25, -0.2) is 8.42 Å². The van der Waals surface area contributed by atoms with Gasteiger partial charge in [-0.3, -0.25) is 4.79 Å². The molecule has 0 aliphatic heterocycles. The minimum atomic E-state index is -3.77. The van der Waals surface area contributed by atoms with Crippen molar-refractivity contribution in [1.82, 2.24) is 4.31 Å². The van der Waals surface area contributed by atoms with Crippen LogP contribution < -0.4 is 5.32 Å². The Morgan fingerprint density at radius 2 is 1.80 bits per heavy atom. The van der Waals surface area contributed by atoms with Crippen molar-refractivity contribution >= 4 is 56.6 Å². The molecule has 0 aliphatic carbocycles. The van der Waals surface area contributed by atoms with Crippen molar-refractivity contribution in [2.45, 2.75) is 9.79 Å². The minimum Gasteiger partial charge on any atom is -0.324 e. The second-order valence-corrected chi connectivity index (χ2v) is 8.80. The molecule has 9 heteroatoms. The molecule has 134 valence electrons. The maximum Gasteiger partial charge on any atom is 0.243 e. The third-order valence-corrected chi connectivity index (χ3v) is 6.74. The molecule has 0 heterocycles. The van der Waals surface area contributed by atoms with E-state index in [9.17, 15) is 13.2 Å². The molecular formula is C16H16Cl2N2O3S2. The first-order valence-electron chi connectivity index (χ1n) is 7.10. The van der Waals surface area contributed by atoms with Crippen molar-refractivity contribution in [3.63, 3.8) is 0 Å². The van der Waals surface area contributed by atoms with E-state index in [2.05, 4.69) is 5.32 Å². The van der Waals surface area contributed by atoms with Crippen LogP contribution in [0.3, 0.4) is 0 Å². The van der Waals surface area contributed by atoms with Crippen LogP contribution in [0, 0.1) is 0 Å². The van der Waals surface area contributed by atoms with Gasteiger partial charge < -0.3 is 5.32 Å². The lowest BCUT2D eigenvalue weighted by Gasteiger charge is -2.17. The molecule has 0 aliphatic rings. The number of likely N-dealkylation sites (N-methyl/N-ethyl adjacent to an activating group) is 1. The number of nitrogens with zero attached hydrogens (tertiary/aromatic N) is 1. The van der Waals surface area contributed by atoms with Gasteiger partial charge in [0, 0.05) is 11.9 Å². The van der Waals surface area contributed by atoms with E-state index in [1.165, 1.54) is 30.9 Å². The van der Waals surface area contributed by atoms with Gasteiger partial charge in [0.25, 0.3) is 0 Å². The number of carbonyl (C=O) groups excluding carboxylic acids is 1. The summed E-state index contributed by atoms with van der Waals surface area (Å²) in [5, 5.41) is 3.06. The molecule has 0 radical (unpaired) electrons. The Bertz CT molecular complexity index is 871. The fourth-order valence-electron chi connectivity index (χ4n) is 2.00. The third kappa shape index (κ3) is 4.89. The molecule has 1 N–H and O–H groups in total. The van der Waals surface area contributed by atoms with Gasteiger partial charge in [0.2, 0.25) is 15.9 Å². The summed E-state index contributed by atoms with van der Waals surface area (Å²) in [6, 6.07) is 11.3. The van der Waals surface area contributed by atoms with E-state index in [4.69, 9.17) is 23.2 Å². The van der Waals surface area contributed by atoms with Gasteiger partial charge in [-0.05, 0) is 42.7 Å². The largest absolute Gasteiger partial charge is 0.324 e. The number of carbonyl (C=O) groups is 1. The summed E-state index contributed by atoms with van der Waals surface area (Å²) in [5.41, 5.74) is 0.328. The van der Waals surface area contributed by atoms with E-state index in [-0.39, 0.29) is 16.5 Å². The Hall–Kier alpha value is -1.25. The minimum absolute atomic E-state index is 0.126. The lowest BCUT2D eigenvalue weighted by molar-refractivity contribution is -0.116. The van der Waals surface area contributed by atoms with Crippen LogP contribution in [0.15, 0.2) is 52.3 Å². The number of nitrogens with one attached hydrogen (secondary N) is 1. The van der Waals surface area contributed by atoms with Crippen LogP contribution in [-0.4, -0.2) is 38.5 Å². The van der Waals surface area contributed by atoms with Crippen LogP contribution in [0.5, 0.6) is 0 Å². The Morgan fingerprint density at radius 3 is 2.40 bits per heavy atom. The Morgan fingerprint density at radius 1 is 1.16 bits per heavy atom. The number of rotatable bonds is 6. The molecule has 0 saturated carbocycles. The first-order valence-corrected chi connectivity index (χ1v) is 10.5. The first kappa shape index (κ1) is 20.1. The van der Waals surface area contributed by atoms with Gasteiger partial charge >= 0.3 is 0 Å². The van der Waals surface area contributed by atoms with E-state index in [1.807, 2.05) is 6.26 Å². The van der Waals surface area contributed by atoms with Crippen molar-refractivity contribution in [2.24, 2.45) is 0 Å². The lowest BCUT2D eigenvalue weighted by Crippen LogP contribution is -2.35. The number of sulfonamides is 1. The molecule has 1 amide bonds. The number of anilines is 1. The van der Waals surface area contributed by atoms with E-state index in [0.29, 0.717) is 10.7 Å². The highest BCUT2D eigenvalue weighted by atomic mass is 35.5. The van der Waals surface area contributed by atoms with Crippen molar-refractivity contribution in [1.29, 1.82) is 0 Å². The van der Waals surface area contributed by atoms with Gasteiger partial charge in [0.05, 0.1) is 27.2 Å². The fraction of sp³-hybridized carbons (Fsp3) is 0.188. The summed E-state index contributed by atoms with van der Waals surface area (Å²) >= 11 is 13.4. The van der Waals surface area contributed by atoms with Crippen molar-refractivity contribution in [3.05, 3.63) is 52.5 Å². The summed E-state index contributed by atoms with van der Waals surface area (Å²) in [5.74, 6) is -0.518. The number of benzene rings is 2. The lowest BCUT2D eigenvalue weighted by atomic mass is 10.3. The van der Waals surface area contributed by atoms with Crippen LogP contribution in [-0.2, 0) is 14.8 Å². The van der Waals surface area contributed by atoms with Crippen LogP contribution in [0.2, 0.25) is 10.0 Å². The average molecular weight is 419 g/mol. The fourth-order valence-corrected chi connectivity index (χ4v) is 3.89. The van der Waals surface area contributed by atoms with Gasteiger partial charge in [0.1, 0.15) is 0 Å². The molecule has 0 aromatic heterocycles. The second-order valence-electron chi connectivity index (χ2n) is 5.09. The van der Waals surface area contributed by atoms with Crippen molar-refractivity contribution < 1.29 is 13.2 Å². The van der Waals surface area contributed by atoms with Crippen LogP contribution in [0.4, 0.5) is 5.69 Å². The molecule has 2 aromatic rings. The summed E-state index contributed by atoms with van der Waals surface area (Å²) in [7, 11) is -2.42. The quantitative estimate of drug-likeness (QED) is 0.720. The van der Waals surface area contributed by atoms with E-state index in [0.717, 1.165) is 9.20 Å². The van der Waals surface area contributed by atoms with E-state index < -0.39 is 15.9 Å². The maximum absolute atomic E-state index is 12.5. The van der Waals surface area contributed by atoms with E-state index >= 15 is 0 Å². The zero-order chi connectivity index (χ0) is 18.6. The van der Waals surface area contributed by atoms with Crippen LogP contribution in [0.1, 0.15) is 0 Å². The molecular weight excluding hydrogens is 403 g/mol. The zero-order valence-corrected chi connectivity index (χ0v) is 16.6. The van der Waals surface area contributed by atoms with Gasteiger partial charge in [0.15, 0.2) is 0 Å². The van der Waals surface area contributed by atoms with Crippen molar-refractivity contribution in [2.75, 3.05) is 25.2 Å². The molecule has 5 nitrogen and oxygen atoms in total. The molecule has 0 atom stereocenters. The van der Waals surface area contributed by atoms with Crippen LogP contribution >= 0.6 is 35.0 Å². The molecule has 0 spiro atoms. The molecule has 0 unspecified atom stereocenters. The summed E-state index contributed by atoms with van der Waals surface area (Å²) < 4.78 is 26.0. The standard InChI is InChI=1S/C16H16Cl2N2O3S2/c1-20(25(22,23)12-8-6-11(24-2)7-9-12)10-15(21)19-14-5-3-4-13(17)16(14)18/h3-9H,10H2,1-2H3,(H,19,21). The highest BCUT2D eigenvalue weighted by molar-refractivity contribution is 7.98. The van der Waals surface area contributed by atoms with Crippen molar-refractivity contribution in [3.8, 4) is 0 Å². The first-order chi connectivity index (χ1) is 11.8. The van der Waals surface area contributed by atoms with Crippen LogP contribution in [0.25, 0.3) is 0 Å². The second kappa shape index (κ2) is 8.42. The SMILES string of the molecule is CSc1ccc(S(=O)(=O)N(C)CC(=O)Nc2cccc(Cl)c2Cl)cc1. The topological polar surface area (TPSA) is 66.5 Å². The summed E-state index contributed by atoms with van der Waals surface area (Å²) in [6.07, 6.45) is 1.90. The number of amides is 1. The number of thioether (sulfide) groups is 1. The molecule has 0 saturated heterocycles. The zero-order valence-electron chi connectivity index (χ0n) is 13.5. The Kier molecular flexibility index (Phi) is 6.76. The smallest absolute Gasteiger partial charge is 0.243 e. The number of hydrogen-bond donors (Lipinski definition) is 1. The average Bonchev–Trinajstić information content (AvgIpc) is 2.59. The number of halogens is 2. The van der Waals surface area contributed by atoms with E-state index in [1.54, 1.807) is 30.3 Å². The summed E-state index contributed by atoms with van der Waals surface area (Å²) in [6.45, 7) is -0.352. The normalized spacial score (nSPS) is 11.6. The monoisotopic (exact) mass is 418 g/mol. The predicted molar refractivity (Wildman–Crippen MR) is 103 cm³/mol. The Balaban J connectivity index is 2.10. The summed E-state index contributed by atoms with van der Waals surface area (Å²) in [4.78, 5) is 13.2. The molecule has 25 heavy (non-hydrogen) atoms. The number of hydrogen-bond acceptors (Lipinski definition) is 4. The highest BCUT2D eigenvalue weighted by Gasteiger charge is 2.23. The third-order valence-electron chi connectivity index (χ3n) is 3.36. The van der Waals surface area contributed by atoms with Gasteiger partial charge in [-0.15, -0.1) is 11.8 Å². The molecule has 2 rings (SSSR count). The molecule has 2 aromatic carbocycles.